The van der Waals surface area contributed by atoms with E-state index >= 15 is 0 Å². The molecule has 0 saturated heterocycles. The van der Waals surface area contributed by atoms with Gasteiger partial charge in [0.1, 0.15) is 0 Å². The average Bonchev–Trinajstić information content (AvgIpc) is 2.60. The highest BCUT2D eigenvalue weighted by Gasteiger charge is 1.99. The largest absolute Gasteiger partial charge is 0.379 e. The van der Waals surface area contributed by atoms with Gasteiger partial charge in [-0.1, -0.05) is 19.1 Å². The van der Waals surface area contributed by atoms with Gasteiger partial charge in [-0.15, -0.1) is 16.7 Å². The van der Waals surface area contributed by atoms with Crippen molar-refractivity contribution in [2.75, 3.05) is 13.2 Å². The second kappa shape index (κ2) is 5.98. The molecule has 0 aromatic carbocycles. The summed E-state index contributed by atoms with van der Waals surface area (Å²) in [6, 6.07) is 0. The van der Waals surface area contributed by atoms with Crippen LogP contribution in [0.1, 0.15) is 19.5 Å². The van der Waals surface area contributed by atoms with E-state index in [-0.39, 0.29) is 0 Å². The highest BCUT2D eigenvalue weighted by Crippen LogP contribution is 1.98. The molecule has 0 radical (unpaired) electrons. The molecule has 1 aromatic heterocycles. The van der Waals surface area contributed by atoms with Gasteiger partial charge in [-0.05, 0) is 5.92 Å². The summed E-state index contributed by atoms with van der Waals surface area (Å²) in [5.74, 6) is 0.983. The van der Waals surface area contributed by atoms with Crippen molar-refractivity contribution < 1.29 is 4.74 Å². The second-order valence-electron chi connectivity index (χ2n) is 3.58. The smallest absolute Gasteiger partial charge is 0.0974 e. The van der Waals surface area contributed by atoms with Crippen molar-refractivity contribution in [3.05, 3.63) is 11.9 Å². The summed E-state index contributed by atoms with van der Waals surface area (Å²) < 4.78 is 7.17. The molecule has 0 saturated carbocycles. The topological polar surface area (TPSA) is 39.9 Å². The minimum Gasteiger partial charge on any atom is -0.379 e. The minimum atomic E-state index is 0.410. The van der Waals surface area contributed by atoms with Crippen LogP contribution in [0, 0.1) is 5.92 Å². The summed E-state index contributed by atoms with van der Waals surface area (Å²) in [6.45, 7) is 6.44. The number of nitrogens with zero attached hydrogens (tertiary/aromatic N) is 3. The van der Waals surface area contributed by atoms with E-state index in [9.17, 15) is 0 Å². The molecule has 0 aliphatic carbocycles. The lowest BCUT2D eigenvalue weighted by molar-refractivity contribution is 0.101. The van der Waals surface area contributed by atoms with E-state index in [1.54, 1.807) is 4.68 Å². The van der Waals surface area contributed by atoms with Gasteiger partial charge in [0.15, 0.2) is 0 Å². The van der Waals surface area contributed by atoms with Gasteiger partial charge >= 0.3 is 0 Å². The standard InChI is InChI=1S/C9H16ClN3O/c1-8(2)7-14-4-3-13-6-9(5-10)11-12-13/h6,8H,3-5,7H2,1-2H3. The Morgan fingerprint density at radius 2 is 2.36 bits per heavy atom. The summed E-state index contributed by atoms with van der Waals surface area (Å²) >= 11 is 5.60. The molecule has 0 bridgehead atoms. The van der Waals surface area contributed by atoms with E-state index < -0.39 is 0 Å². The van der Waals surface area contributed by atoms with E-state index in [2.05, 4.69) is 24.2 Å². The molecule has 0 amide bonds. The number of aromatic nitrogens is 3. The molecule has 0 N–H and O–H groups in total. The van der Waals surface area contributed by atoms with Gasteiger partial charge in [0.05, 0.1) is 24.7 Å². The number of rotatable bonds is 6. The Hall–Kier alpha value is -0.610. The third kappa shape index (κ3) is 4.07. The molecule has 14 heavy (non-hydrogen) atoms. The SMILES string of the molecule is CC(C)COCCn1cc(CCl)nn1. The molecule has 0 unspecified atom stereocenters. The zero-order valence-corrected chi connectivity index (χ0v) is 9.37. The number of hydrogen-bond donors (Lipinski definition) is 0. The summed E-state index contributed by atoms with van der Waals surface area (Å²) in [5, 5.41) is 7.78. The zero-order chi connectivity index (χ0) is 10.4. The summed E-state index contributed by atoms with van der Waals surface area (Å²) in [4.78, 5) is 0. The third-order valence-corrected chi connectivity index (χ3v) is 1.91. The fourth-order valence-electron chi connectivity index (χ4n) is 0.986. The highest BCUT2D eigenvalue weighted by molar-refractivity contribution is 6.16. The van der Waals surface area contributed by atoms with Gasteiger partial charge < -0.3 is 4.74 Å². The van der Waals surface area contributed by atoms with Crippen molar-refractivity contribution >= 4 is 11.6 Å². The lowest BCUT2D eigenvalue weighted by Crippen LogP contribution is -2.09. The molecule has 80 valence electrons. The van der Waals surface area contributed by atoms with Crippen molar-refractivity contribution in [1.29, 1.82) is 0 Å². The first-order chi connectivity index (χ1) is 6.72. The molecule has 0 spiro atoms. The van der Waals surface area contributed by atoms with Crippen molar-refractivity contribution in [2.45, 2.75) is 26.3 Å². The maximum atomic E-state index is 5.60. The molecule has 5 heteroatoms. The van der Waals surface area contributed by atoms with Crippen LogP contribution in [0.15, 0.2) is 6.20 Å². The molecular weight excluding hydrogens is 202 g/mol. The van der Waals surface area contributed by atoms with Gasteiger partial charge in [0.2, 0.25) is 0 Å². The van der Waals surface area contributed by atoms with Crippen LogP contribution in [0.5, 0.6) is 0 Å². The van der Waals surface area contributed by atoms with Crippen LogP contribution in [-0.2, 0) is 17.2 Å². The van der Waals surface area contributed by atoms with Crippen molar-refractivity contribution in [3.8, 4) is 0 Å². The molecule has 0 atom stereocenters. The lowest BCUT2D eigenvalue weighted by atomic mass is 10.2. The quantitative estimate of drug-likeness (QED) is 0.538. The van der Waals surface area contributed by atoms with Crippen molar-refractivity contribution in [3.63, 3.8) is 0 Å². The molecule has 0 aliphatic heterocycles. The highest BCUT2D eigenvalue weighted by atomic mass is 35.5. The van der Waals surface area contributed by atoms with Crippen molar-refractivity contribution in [2.24, 2.45) is 5.92 Å². The summed E-state index contributed by atoms with van der Waals surface area (Å²) in [5.41, 5.74) is 0.801. The molecule has 1 rings (SSSR count). The van der Waals surface area contributed by atoms with Crippen LogP contribution >= 0.6 is 11.6 Å². The first-order valence-electron chi connectivity index (χ1n) is 4.75. The molecule has 0 fully saturated rings. The Labute approximate surface area is 89.2 Å². The van der Waals surface area contributed by atoms with Crippen LogP contribution in [0.2, 0.25) is 0 Å². The fourth-order valence-corrected chi connectivity index (χ4v) is 1.11. The first-order valence-corrected chi connectivity index (χ1v) is 5.28. The molecule has 1 heterocycles. The molecular formula is C9H16ClN3O. The number of hydrogen-bond acceptors (Lipinski definition) is 3. The third-order valence-electron chi connectivity index (χ3n) is 1.64. The Balaban J connectivity index is 2.18. The van der Waals surface area contributed by atoms with E-state index in [0.717, 1.165) is 18.8 Å². The van der Waals surface area contributed by atoms with E-state index in [0.29, 0.717) is 18.4 Å². The molecule has 1 aromatic rings. The van der Waals surface area contributed by atoms with Gasteiger partial charge in [-0.3, -0.25) is 0 Å². The van der Waals surface area contributed by atoms with Crippen LogP contribution in [-0.4, -0.2) is 28.2 Å². The predicted octanol–water partition coefficient (Wildman–Crippen LogP) is 1.69. The van der Waals surface area contributed by atoms with Gasteiger partial charge in [-0.2, -0.15) is 0 Å². The first kappa shape index (κ1) is 11.5. The van der Waals surface area contributed by atoms with Crippen LogP contribution in [0.25, 0.3) is 0 Å². The fraction of sp³-hybridized carbons (Fsp3) is 0.778. The monoisotopic (exact) mass is 217 g/mol. The van der Waals surface area contributed by atoms with E-state index in [1.807, 2.05) is 6.20 Å². The minimum absolute atomic E-state index is 0.410. The molecule has 4 nitrogen and oxygen atoms in total. The number of alkyl halides is 1. The number of halogens is 1. The second-order valence-corrected chi connectivity index (χ2v) is 3.84. The maximum absolute atomic E-state index is 5.60. The summed E-state index contributed by atoms with van der Waals surface area (Å²) in [7, 11) is 0. The Morgan fingerprint density at radius 3 is 2.93 bits per heavy atom. The van der Waals surface area contributed by atoms with Gasteiger partial charge in [-0.25, -0.2) is 4.68 Å². The number of ether oxygens (including phenoxy) is 1. The average molecular weight is 218 g/mol. The Bertz CT molecular complexity index is 262. The van der Waals surface area contributed by atoms with Crippen LogP contribution in [0.4, 0.5) is 0 Å². The Morgan fingerprint density at radius 1 is 1.57 bits per heavy atom. The van der Waals surface area contributed by atoms with E-state index in [1.165, 1.54) is 0 Å². The predicted molar refractivity (Wildman–Crippen MR) is 55.2 cm³/mol. The summed E-state index contributed by atoms with van der Waals surface area (Å²) in [6.07, 6.45) is 1.84. The molecule has 0 aliphatic rings. The zero-order valence-electron chi connectivity index (χ0n) is 8.61. The van der Waals surface area contributed by atoms with Crippen LogP contribution in [0.3, 0.4) is 0 Å². The lowest BCUT2D eigenvalue weighted by Gasteiger charge is -2.05. The van der Waals surface area contributed by atoms with Gasteiger partial charge in [0.25, 0.3) is 0 Å². The normalized spacial score (nSPS) is 11.1. The van der Waals surface area contributed by atoms with E-state index in [4.69, 9.17) is 16.3 Å². The van der Waals surface area contributed by atoms with Gasteiger partial charge in [0, 0.05) is 12.8 Å². The van der Waals surface area contributed by atoms with Crippen LogP contribution < -0.4 is 0 Å². The van der Waals surface area contributed by atoms with Crippen molar-refractivity contribution in [1.82, 2.24) is 15.0 Å². The Kier molecular flexibility index (Phi) is 4.90. The maximum Gasteiger partial charge on any atom is 0.0974 e.